The van der Waals surface area contributed by atoms with Crippen molar-refractivity contribution in [2.24, 2.45) is 0 Å². The molecule has 1 aromatic heterocycles. The lowest BCUT2D eigenvalue weighted by Gasteiger charge is -2.08. The van der Waals surface area contributed by atoms with Gasteiger partial charge in [-0.2, -0.15) is 0 Å². The van der Waals surface area contributed by atoms with Gasteiger partial charge >= 0.3 is 0 Å². The number of carbonyl (C=O) groups excluding carboxylic acids is 1. The summed E-state index contributed by atoms with van der Waals surface area (Å²) in [4.78, 5) is 20.1. The number of anilines is 2. The predicted molar refractivity (Wildman–Crippen MR) is 94.1 cm³/mol. The van der Waals surface area contributed by atoms with Crippen molar-refractivity contribution in [2.75, 3.05) is 11.9 Å². The molecular formula is C19H15F3N4O. The lowest BCUT2D eigenvalue weighted by molar-refractivity contribution is 0.0949. The number of rotatable bonds is 6. The van der Waals surface area contributed by atoms with Crippen molar-refractivity contribution in [3.63, 3.8) is 0 Å². The van der Waals surface area contributed by atoms with Crippen LogP contribution in [0, 0.1) is 17.5 Å². The average molecular weight is 372 g/mol. The second-order valence-corrected chi connectivity index (χ2v) is 5.61. The lowest BCUT2D eigenvalue weighted by atomic mass is 10.1. The molecule has 0 saturated carbocycles. The Kier molecular flexibility index (Phi) is 5.65. The molecule has 0 spiro atoms. The molecule has 1 heterocycles. The zero-order valence-corrected chi connectivity index (χ0v) is 14.0. The van der Waals surface area contributed by atoms with Crippen LogP contribution in [0.25, 0.3) is 0 Å². The molecule has 0 aliphatic rings. The maximum absolute atomic E-state index is 13.7. The largest absolute Gasteiger partial charge is 0.350 e. The Labute approximate surface area is 153 Å². The third-order valence-electron chi connectivity index (χ3n) is 3.70. The summed E-state index contributed by atoms with van der Waals surface area (Å²) >= 11 is 0. The van der Waals surface area contributed by atoms with Crippen molar-refractivity contribution in [3.8, 4) is 0 Å². The molecule has 0 aliphatic heterocycles. The van der Waals surface area contributed by atoms with Gasteiger partial charge in [-0.25, -0.2) is 23.1 Å². The van der Waals surface area contributed by atoms with Crippen molar-refractivity contribution in [1.29, 1.82) is 0 Å². The molecule has 3 aromatic rings. The first-order valence-electron chi connectivity index (χ1n) is 8.09. The highest BCUT2D eigenvalue weighted by molar-refractivity contribution is 5.92. The van der Waals surface area contributed by atoms with Crippen LogP contribution < -0.4 is 10.6 Å². The van der Waals surface area contributed by atoms with E-state index < -0.39 is 17.5 Å². The van der Waals surface area contributed by atoms with Crippen LogP contribution in [0.4, 0.5) is 24.8 Å². The Balaban J connectivity index is 1.62. The molecule has 0 bridgehead atoms. The van der Waals surface area contributed by atoms with Gasteiger partial charge < -0.3 is 10.6 Å². The fraction of sp³-hybridized carbons (Fsp3) is 0.105. The van der Waals surface area contributed by atoms with E-state index in [1.54, 1.807) is 18.2 Å². The van der Waals surface area contributed by atoms with E-state index in [1.807, 2.05) is 0 Å². The molecule has 3 rings (SSSR count). The molecule has 0 fully saturated rings. The maximum atomic E-state index is 13.7. The van der Waals surface area contributed by atoms with Crippen molar-refractivity contribution in [3.05, 3.63) is 83.4 Å². The van der Waals surface area contributed by atoms with Crippen molar-refractivity contribution in [2.45, 2.75) is 6.42 Å². The normalized spacial score (nSPS) is 10.5. The summed E-state index contributed by atoms with van der Waals surface area (Å²) in [5.41, 5.74) is 0.534. The summed E-state index contributed by atoms with van der Waals surface area (Å²) in [6.07, 6.45) is 1.66. The number of nitrogens with zero attached hydrogens (tertiary/aromatic N) is 2. The second-order valence-electron chi connectivity index (χ2n) is 5.61. The summed E-state index contributed by atoms with van der Waals surface area (Å²) in [5, 5.41) is 5.23. The van der Waals surface area contributed by atoms with Crippen molar-refractivity contribution in [1.82, 2.24) is 15.3 Å². The van der Waals surface area contributed by atoms with Gasteiger partial charge in [-0.15, -0.1) is 0 Å². The molecule has 0 saturated heterocycles. The maximum Gasteiger partial charge on any atom is 0.270 e. The van der Waals surface area contributed by atoms with Gasteiger partial charge in [0.2, 0.25) is 5.95 Å². The number of hydrogen-bond donors (Lipinski definition) is 2. The molecule has 27 heavy (non-hydrogen) atoms. The van der Waals surface area contributed by atoms with Crippen LogP contribution in [0.3, 0.4) is 0 Å². The number of benzene rings is 2. The van der Waals surface area contributed by atoms with Crippen LogP contribution in [0.2, 0.25) is 0 Å². The van der Waals surface area contributed by atoms with Crippen molar-refractivity contribution < 1.29 is 18.0 Å². The van der Waals surface area contributed by atoms with Gasteiger partial charge in [0.1, 0.15) is 23.1 Å². The van der Waals surface area contributed by atoms with E-state index in [0.29, 0.717) is 12.0 Å². The van der Waals surface area contributed by atoms with Crippen LogP contribution in [-0.4, -0.2) is 22.4 Å². The fourth-order valence-corrected chi connectivity index (χ4v) is 2.36. The van der Waals surface area contributed by atoms with Crippen molar-refractivity contribution >= 4 is 17.5 Å². The Morgan fingerprint density at radius 2 is 1.81 bits per heavy atom. The van der Waals surface area contributed by atoms with E-state index in [1.165, 1.54) is 24.4 Å². The highest BCUT2D eigenvalue weighted by atomic mass is 19.1. The van der Waals surface area contributed by atoms with Crippen LogP contribution >= 0.6 is 0 Å². The van der Waals surface area contributed by atoms with Crippen LogP contribution in [0.1, 0.15) is 16.1 Å². The predicted octanol–water partition coefficient (Wildman–Crippen LogP) is 3.61. The number of nitrogens with one attached hydrogen (secondary N) is 2. The first-order valence-corrected chi connectivity index (χ1v) is 8.09. The summed E-state index contributed by atoms with van der Waals surface area (Å²) in [6, 6.07) is 10.7. The molecule has 0 radical (unpaired) electrons. The average Bonchev–Trinajstić information content (AvgIpc) is 2.66. The second kappa shape index (κ2) is 8.31. The van der Waals surface area contributed by atoms with Gasteiger partial charge in [0.05, 0.1) is 5.69 Å². The number of carbonyl (C=O) groups is 1. The zero-order valence-electron chi connectivity index (χ0n) is 14.0. The smallest absolute Gasteiger partial charge is 0.270 e. The zero-order chi connectivity index (χ0) is 19.2. The SMILES string of the molecule is O=C(NCCc1ccccc1F)c1ccnc(Nc2ccc(F)cc2F)n1. The van der Waals surface area contributed by atoms with Crippen LogP contribution in [0.15, 0.2) is 54.7 Å². The quantitative estimate of drug-likeness (QED) is 0.694. The minimum absolute atomic E-state index is 0.0118. The molecule has 8 heteroatoms. The summed E-state index contributed by atoms with van der Waals surface area (Å²) < 4.78 is 40.2. The van der Waals surface area contributed by atoms with Gasteiger partial charge in [-0.3, -0.25) is 4.79 Å². The number of hydrogen-bond acceptors (Lipinski definition) is 4. The van der Waals surface area contributed by atoms with E-state index in [4.69, 9.17) is 0 Å². The number of halogens is 3. The minimum atomic E-state index is -0.807. The molecule has 0 unspecified atom stereocenters. The Hall–Kier alpha value is -3.42. The summed E-state index contributed by atoms with van der Waals surface area (Å²) in [6.45, 7) is 0.221. The molecule has 2 N–H and O–H groups in total. The van der Waals surface area contributed by atoms with Gasteiger partial charge in [-0.05, 0) is 36.2 Å². The van der Waals surface area contributed by atoms with E-state index in [2.05, 4.69) is 20.6 Å². The van der Waals surface area contributed by atoms with Gasteiger partial charge in [0, 0.05) is 18.8 Å². The molecule has 138 valence electrons. The van der Waals surface area contributed by atoms with E-state index >= 15 is 0 Å². The summed E-state index contributed by atoms with van der Waals surface area (Å²) in [7, 11) is 0. The number of amides is 1. The lowest BCUT2D eigenvalue weighted by Crippen LogP contribution is -2.27. The topological polar surface area (TPSA) is 66.9 Å². The Morgan fingerprint density at radius 3 is 2.59 bits per heavy atom. The van der Waals surface area contributed by atoms with Gasteiger partial charge in [0.25, 0.3) is 5.91 Å². The molecule has 5 nitrogen and oxygen atoms in total. The third-order valence-corrected chi connectivity index (χ3v) is 3.70. The molecule has 0 atom stereocenters. The molecule has 1 amide bonds. The fourth-order valence-electron chi connectivity index (χ4n) is 2.36. The molecular weight excluding hydrogens is 357 g/mol. The van der Waals surface area contributed by atoms with Crippen LogP contribution in [0.5, 0.6) is 0 Å². The first kappa shape index (κ1) is 18.4. The minimum Gasteiger partial charge on any atom is -0.350 e. The monoisotopic (exact) mass is 372 g/mol. The van der Waals surface area contributed by atoms with E-state index in [9.17, 15) is 18.0 Å². The van der Waals surface area contributed by atoms with E-state index in [0.717, 1.165) is 12.1 Å². The Morgan fingerprint density at radius 1 is 1.00 bits per heavy atom. The van der Waals surface area contributed by atoms with Crippen LogP contribution in [-0.2, 0) is 6.42 Å². The highest BCUT2D eigenvalue weighted by Crippen LogP contribution is 2.18. The number of aromatic nitrogens is 2. The first-order chi connectivity index (χ1) is 13.0. The summed E-state index contributed by atoms with van der Waals surface area (Å²) in [5.74, 6) is -2.33. The molecule has 2 aromatic carbocycles. The van der Waals surface area contributed by atoms with Gasteiger partial charge in [0.15, 0.2) is 0 Å². The van der Waals surface area contributed by atoms with Gasteiger partial charge in [-0.1, -0.05) is 18.2 Å². The third kappa shape index (κ3) is 4.81. The standard InChI is InChI=1S/C19H15F3N4O/c20-13-5-6-16(15(22)11-13)25-19-24-10-8-17(26-19)18(27)23-9-7-12-3-1-2-4-14(12)21/h1-6,8,10-11H,7,9H2,(H,23,27)(H,24,25,26). The highest BCUT2D eigenvalue weighted by Gasteiger charge is 2.11. The Bertz CT molecular complexity index is 965. The molecule has 0 aliphatic carbocycles. The van der Waals surface area contributed by atoms with E-state index in [-0.39, 0.29) is 29.7 Å².